The molecule has 0 aliphatic rings. The molecule has 20 heavy (non-hydrogen) atoms. The predicted octanol–water partition coefficient (Wildman–Crippen LogP) is 1.15. The molecule has 0 fully saturated rings. The fourth-order valence-corrected chi connectivity index (χ4v) is 1.89. The van der Waals surface area contributed by atoms with Gasteiger partial charge < -0.3 is 15.4 Å². The molecule has 104 valence electrons. The monoisotopic (exact) mass is 271 g/mol. The number of nitrogens with zero attached hydrogens (tertiary/aromatic N) is 3. The zero-order valence-electron chi connectivity index (χ0n) is 11.4. The number of nitriles is 1. The van der Waals surface area contributed by atoms with Gasteiger partial charge in [-0.15, -0.1) is 10.2 Å². The Morgan fingerprint density at radius 2 is 2.05 bits per heavy atom. The molecule has 2 rings (SSSR count). The van der Waals surface area contributed by atoms with Gasteiger partial charge in [-0.05, 0) is 6.07 Å². The van der Waals surface area contributed by atoms with Crippen LogP contribution in [0.4, 0.5) is 5.69 Å². The first-order valence-electron chi connectivity index (χ1n) is 6.46. The molecule has 0 aliphatic carbocycles. The number of aromatic nitrogens is 2. The molecule has 6 heteroatoms. The third-order valence-corrected chi connectivity index (χ3v) is 2.86. The van der Waals surface area contributed by atoms with Gasteiger partial charge in [-0.3, -0.25) is 0 Å². The zero-order chi connectivity index (χ0) is 14.2. The van der Waals surface area contributed by atoms with Gasteiger partial charge in [0.2, 0.25) is 0 Å². The van der Waals surface area contributed by atoms with E-state index in [4.69, 9.17) is 10.00 Å². The van der Waals surface area contributed by atoms with Crippen LogP contribution in [0.25, 0.3) is 10.9 Å². The van der Waals surface area contributed by atoms with Crippen LogP contribution in [0.5, 0.6) is 0 Å². The number of methoxy groups -OCH3 is 1. The summed E-state index contributed by atoms with van der Waals surface area (Å²) in [5.41, 5.74) is 1.84. The Kier molecular flexibility index (Phi) is 5.24. The Labute approximate surface area is 117 Å². The standard InChI is InChI=1S/C14H17N5O/c1-20-9-8-16-6-7-17-14-11-4-2-3-5-12(11)18-19-13(14)10-15/h2-5,16H,6-9H2,1H3,(H,17,18). The molecule has 2 aromatic rings. The van der Waals surface area contributed by atoms with Crippen LogP contribution >= 0.6 is 0 Å². The van der Waals surface area contributed by atoms with Crippen molar-refractivity contribution in [3.8, 4) is 6.07 Å². The number of hydrogen-bond acceptors (Lipinski definition) is 6. The Morgan fingerprint density at radius 3 is 2.85 bits per heavy atom. The Hall–Kier alpha value is -2.23. The van der Waals surface area contributed by atoms with Crippen LogP contribution in [0, 0.1) is 11.3 Å². The molecule has 6 nitrogen and oxygen atoms in total. The summed E-state index contributed by atoms with van der Waals surface area (Å²) < 4.78 is 4.96. The van der Waals surface area contributed by atoms with E-state index in [2.05, 4.69) is 26.9 Å². The van der Waals surface area contributed by atoms with Gasteiger partial charge in [-0.1, -0.05) is 18.2 Å². The predicted molar refractivity (Wildman–Crippen MR) is 77.5 cm³/mol. The first-order valence-corrected chi connectivity index (χ1v) is 6.46. The van der Waals surface area contributed by atoms with Crippen molar-refractivity contribution >= 4 is 16.6 Å². The van der Waals surface area contributed by atoms with Crippen LogP contribution in [0.2, 0.25) is 0 Å². The highest BCUT2D eigenvalue weighted by atomic mass is 16.5. The van der Waals surface area contributed by atoms with Crippen molar-refractivity contribution in [3.63, 3.8) is 0 Å². The molecule has 1 heterocycles. The molecule has 0 saturated carbocycles. The summed E-state index contributed by atoms with van der Waals surface area (Å²) in [5, 5.41) is 24.5. The summed E-state index contributed by atoms with van der Waals surface area (Å²) in [5.74, 6) is 0. The minimum atomic E-state index is 0.320. The topological polar surface area (TPSA) is 82.9 Å². The highest BCUT2D eigenvalue weighted by Crippen LogP contribution is 2.23. The number of rotatable bonds is 7. The quantitative estimate of drug-likeness (QED) is 0.735. The second kappa shape index (κ2) is 7.38. The van der Waals surface area contributed by atoms with Crippen molar-refractivity contribution in [3.05, 3.63) is 30.0 Å². The highest BCUT2D eigenvalue weighted by molar-refractivity contribution is 5.92. The van der Waals surface area contributed by atoms with Crippen molar-refractivity contribution in [2.75, 3.05) is 38.7 Å². The molecule has 0 saturated heterocycles. The Morgan fingerprint density at radius 1 is 1.20 bits per heavy atom. The highest BCUT2D eigenvalue weighted by Gasteiger charge is 2.09. The van der Waals surface area contributed by atoms with E-state index in [1.165, 1.54) is 0 Å². The van der Waals surface area contributed by atoms with Gasteiger partial charge in [0.05, 0.1) is 17.8 Å². The number of anilines is 1. The lowest BCUT2D eigenvalue weighted by molar-refractivity contribution is 0.200. The van der Waals surface area contributed by atoms with E-state index < -0.39 is 0 Å². The van der Waals surface area contributed by atoms with Crippen LogP contribution in [0.3, 0.4) is 0 Å². The minimum absolute atomic E-state index is 0.320. The summed E-state index contributed by atoms with van der Waals surface area (Å²) in [6.45, 7) is 2.97. The van der Waals surface area contributed by atoms with Gasteiger partial charge in [0.25, 0.3) is 0 Å². The van der Waals surface area contributed by atoms with Crippen molar-refractivity contribution in [2.24, 2.45) is 0 Å². The van der Waals surface area contributed by atoms with Crippen LogP contribution in [-0.2, 0) is 4.74 Å². The lowest BCUT2D eigenvalue weighted by atomic mass is 10.1. The lowest BCUT2D eigenvalue weighted by Gasteiger charge is -2.10. The van der Waals surface area contributed by atoms with Gasteiger partial charge >= 0.3 is 0 Å². The van der Waals surface area contributed by atoms with E-state index in [-0.39, 0.29) is 0 Å². The third kappa shape index (κ3) is 3.41. The average Bonchev–Trinajstić information content (AvgIpc) is 2.50. The number of hydrogen-bond donors (Lipinski definition) is 2. The molecule has 1 aromatic heterocycles. The van der Waals surface area contributed by atoms with E-state index in [0.717, 1.165) is 29.7 Å². The van der Waals surface area contributed by atoms with Crippen LogP contribution < -0.4 is 10.6 Å². The SMILES string of the molecule is COCCNCCNc1c(C#N)nnc2ccccc12. The minimum Gasteiger partial charge on any atom is -0.383 e. The Bertz CT molecular complexity index is 608. The summed E-state index contributed by atoms with van der Waals surface area (Å²) in [7, 11) is 1.67. The van der Waals surface area contributed by atoms with Crippen molar-refractivity contribution in [2.45, 2.75) is 0 Å². The number of ether oxygens (including phenoxy) is 1. The number of benzene rings is 1. The molecule has 0 bridgehead atoms. The first-order chi connectivity index (χ1) is 9.86. The average molecular weight is 271 g/mol. The molecule has 0 spiro atoms. The van der Waals surface area contributed by atoms with Gasteiger partial charge in [0.15, 0.2) is 5.69 Å². The molecule has 0 radical (unpaired) electrons. The second-order valence-corrected chi connectivity index (χ2v) is 4.22. The molecule has 0 unspecified atom stereocenters. The summed E-state index contributed by atoms with van der Waals surface area (Å²) in [6, 6.07) is 9.71. The fourth-order valence-electron chi connectivity index (χ4n) is 1.89. The molecular formula is C14H17N5O. The molecular weight excluding hydrogens is 254 g/mol. The molecule has 0 amide bonds. The zero-order valence-corrected chi connectivity index (χ0v) is 11.4. The first kappa shape index (κ1) is 14.2. The van der Waals surface area contributed by atoms with Crippen LogP contribution in [-0.4, -0.2) is 43.5 Å². The molecule has 2 N–H and O–H groups in total. The lowest BCUT2D eigenvalue weighted by Crippen LogP contribution is -2.25. The molecule has 0 atom stereocenters. The van der Waals surface area contributed by atoms with E-state index in [1.807, 2.05) is 24.3 Å². The van der Waals surface area contributed by atoms with Crippen LogP contribution in [0.15, 0.2) is 24.3 Å². The van der Waals surface area contributed by atoms with Gasteiger partial charge in [0, 0.05) is 32.1 Å². The summed E-state index contributed by atoms with van der Waals surface area (Å²) in [6.07, 6.45) is 0. The maximum absolute atomic E-state index is 9.13. The van der Waals surface area contributed by atoms with E-state index >= 15 is 0 Å². The second-order valence-electron chi connectivity index (χ2n) is 4.22. The molecule has 1 aromatic carbocycles. The smallest absolute Gasteiger partial charge is 0.186 e. The normalized spacial score (nSPS) is 10.4. The van der Waals surface area contributed by atoms with Crippen LogP contribution in [0.1, 0.15) is 5.69 Å². The van der Waals surface area contributed by atoms with Crippen molar-refractivity contribution in [1.82, 2.24) is 15.5 Å². The van der Waals surface area contributed by atoms with E-state index in [0.29, 0.717) is 18.8 Å². The van der Waals surface area contributed by atoms with E-state index in [9.17, 15) is 0 Å². The van der Waals surface area contributed by atoms with E-state index in [1.54, 1.807) is 7.11 Å². The summed E-state index contributed by atoms with van der Waals surface area (Å²) >= 11 is 0. The fraction of sp³-hybridized carbons (Fsp3) is 0.357. The van der Waals surface area contributed by atoms with Gasteiger partial charge in [-0.25, -0.2) is 0 Å². The third-order valence-electron chi connectivity index (χ3n) is 2.86. The maximum Gasteiger partial charge on any atom is 0.186 e. The van der Waals surface area contributed by atoms with Gasteiger partial charge in [0.1, 0.15) is 6.07 Å². The van der Waals surface area contributed by atoms with Crippen molar-refractivity contribution in [1.29, 1.82) is 5.26 Å². The summed E-state index contributed by atoms with van der Waals surface area (Å²) in [4.78, 5) is 0. The van der Waals surface area contributed by atoms with Crippen molar-refractivity contribution < 1.29 is 4.74 Å². The van der Waals surface area contributed by atoms with Gasteiger partial charge in [-0.2, -0.15) is 5.26 Å². The largest absolute Gasteiger partial charge is 0.383 e. The Balaban J connectivity index is 2.06. The number of nitrogens with one attached hydrogen (secondary N) is 2. The molecule has 0 aliphatic heterocycles. The number of fused-ring (bicyclic) bond motifs is 1. The maximum atomic E-state index is 9.13.